The molecule has 0 atom stereocenters. The first kappa shape index (κ1) is 20.4. The standard InChI is InChI=1S/C21H26N2O4S/c1-4-27-19-8-6-5-7-18(19)21(24)22-11-13-23(14-12-22)28(25,26)20-10-9-16(2)15-17(20)3/h5-10,15H,4,11-14H2,1-3H3. The summed E-state index contributed by atoms with van der Waals surface area (Å²) < 4.78 is 33.0. The van der Waals surface area contributed by atoms with E-state index in [0.717, 1.165) is 11.1 Å². The number of nitrogens with zero attached hydrogens (tertiary/aromatic N) is 2. The summed E-state index contributed by atoms with van der Waals surface area (Å²) in [4.78, 5) is 14.9. The third-order valence-corrected chi connectivity index (χ3v) is 6.95. The highest BCUT2D eigenvalue weighted by Gasteiger charge is 2.31. The monoisotopic (exact) mass is 402 g/mol. The van der Waals surface area contributed by atoms with E-state index < -0.39 is 10.0 Å². The molecule has 1 aliphatic rings. The zero-order chi connectivity index (χ0) is 20.3. The van der Waals surface area contributed by atoms with Crippen molar-refractivity contribution in [2.24, 2.45) is 0 Å². The van der Waals surface area contributed by atoms with E-state index in [1.165, 1.54) is 4.31 Å². The average molecular weight is 403 g/mol. The van der Waals surface area contributed by atoms with Crippen LogP contribution in [0.2, 0.25) is 0 Å². The molecule has 7 heteroatoms. The number of carbonyl (C=O) groups is 1. The quantitative estimate of drug-likeness (QED) is 0.771. The van der Waals surface area contributed by atoms with Gasteiger partial charge in [-0.2, -0.15) is 4.31 Å². The lowest BCUT2D eigenvalue weighted by Crippen LogP contribution is -2.50. The number of hydrogen-bond donors (Lipinski definition) is 0. The van der Waals surface area contributed by atoms with Crippen molar-refractivity contribution in [1.29, 1.82) is 0 Å². The van der Waals surface area contributed by atoms with Gasteiger partial charge in [0.15, 0.2) is 0 Å². The zero-order valence-corrected chi connectivity index (χ0v) is 17.3. The highest BCUT2D eigenvalue weighted by Crippen LogP contribution is 2.24. The highest BCUT2D eigenvalue weighted by molar-refractivity contribution is 7.89. The van der Waals surface area contributed by atoms with Crippen LogP contribution in [0.5, 0.6) is 5.75 Å². The Labute approximate surface area is 166 Å². The van der Waals surface area contributed by atoms with E-state index in [1.54, 1.807) is 29.2 Å². The number of benzene rings is 2. The average Bonchev–Trinajstić information content (AvgIpc) is 2.68. The van der Waals surface area contributed by atoms with Crippen LogP contribution in [-0.4, -0.2) is 56.3 Å². The molecule has 0 aliphatic carbocycles. The molecular weight excluding hydrogens is 376 g/mol. The third-order valence-electron chi connectivity index (χ3n) is 4.89. The van der Waals surface area contributed by atoms with E-state index >= 15 is 0 Å². The Morgan fingerprint density at radius 3 is 2.36 bits per heavy atom. The fourth-order valence-electron chi connectivity index (χ4n) is 3.45. The molecule has 0 saturated carbocycles. The van der Waals surface area contributed by atoms with E-state index in [0.29, 0.717) is 35.9 Å². The number of carbonyl (C=O) groups excluding carboxylic acids is 1. The summed E-state index contributed by atoms with van der Waals surface area (Å²) in [6, 6.07) is 12.5. The van der Waals surface area contributed by atoms with E-state index in [2.05, 4.69) is 0 Å². The fourth-order valence-corrected chi connectivity index (χ4v) is 5.08. The number of hydrogen-bond acceptors (Lipinski definition) is 4. The zero-order valence-electron chi connectivity index (χ0n) is 16.5. The molecule has 1 amide bonds. The SMILES string of the molecule is CCOc1ccccc1C(=O)N1CCN(S(=O)(=O)c2ccc(C)cc2C)CC1. The van der Waals surface area contributed by atoms with Crippen LogP contribution in [0.4, 0.5) is 0 Å². The van der Waals surface area contributed by atoms with E-state index in [-0.39, 0.29) is 19.0 Å². The van der Waals surface area contributed by atoms with Crippen molar-refractivity contribution in [3.8, 4) is 5.75 Å². The third kappa shape index (κ3) is 4.05. The van der Waals surface area contributed by atoms with Gasteiger partial charge in [0.1, 0.15) is 5.75 Å². The first-order chi connectivity index (χ1) is 13.3. The number of amides is 1. The van der Waals surface area contributed by atoms with Crippen LogP contribution >= 0.6 is 0 Å². The van der Waals surface area contributed by atoms with Crippen molar-refractivity contribution in [1.82, 2.24) is 9.21 Å². The van der Waals surface area contributed by atoms with Crippen molar-refractivity contribution in [2.45, 2.75) is 25.7 Å². The van der Waals surface area contributed by atoms with Crippen LogP contribution in [0.25, 0.3) is 0 Å². The molecule has 0 unspecified atom stereocenters. The van der Waals surface area contributed by atoms with Gasteiger partial charge in [-0.3, -0.25) is 4.79 Å². The van der Waals surface area contributed by atoms with Crippen LogP contribution in [0.15, 0.2) is 47.4 Å². The molecular formula is C21H26N2O4S. The molecule has 1 aliphatic heterocycles. The molecule has 150 valence electrons. The number of piperazine rings is 1. The van der Waals surface area contributed by atoms with Gasteiger partial charge in [0.05, 0.1) is 17.1 Å². The summed E-state index contributed by atoms with van der Waals surface area (Å²) in [7, 11) is -3.57. The van der Waals surface area contributed by atoms with Crippen molar-refractivity contribution in [3.05, 3.63) is 59.2 Å². The summed E-state index contributed by atoms with van der Waals surface area (Å²) in [5.41, 5.74) is 2.28. The van der Waals surface area contributed by atoms with Gasteiger partial charge in [-0.1, -0.05) is 29.8 Å². The molecule has 0 radical (unpaired) electrons. The van der Waals surface area contributed by atoms with Gasteiger partial charge in [0, 0.05) is 26.2 Å². The Bertz CT molecular complexity index is 964. The molecule has 6 nitrogen and oxygen atoms in total. The number of aryl methyl sites for hydroxylation is 2. The molecule has 28 heavy (non-hydrogen) atoms. The second kappa shape index (κ2) is 8.32. The first-order valence-corrected chi connectivity index (χ1v) is 10.9. The molecule has 0 bridgehead atoms. The molecule has 0 aromatic heterocycles. The molecule has 3 rings (SSSR count). The lowest BCUT2D eigenvalue weighted by molar-refractivity contribution is 0.0693. The van der Waals surface area contributed by atoms with Crippen molar-refractivity contribution in [3.63, 3.8) is 0 Å². The summed E-state index contributed by atoms with van der Waals surface area (Å²) in [6.45, 7) is 7.35. The maximum atomic E-state index is 13.0. The Balaban J connectivity index is 1.73. The van der Waals surface area contributed by atoms with Gasteiger partial charge in [-0.05, 0) is 44.5 Å². The predicted molar refractivity (Wildman–Crippen MR) is 108 cm³/mol. The minimum absolute atomic E-state index is 0.132. The van der Waals surface area contributed by atoms with Crippen LogP contribution in [-0.2, 0) is 10.0 Å². The fraction of sp³-hybridized carbons (Fsp3) is 0.381. The van der Waals surface area contributed by atoms with E-state index in [4.69, 9.17) is 4.74 Å². The Hall–Kier alpha value is -2.38. The van der Waals surface area contributed by atoms with Crippen molar-refractivity contribution < 1.29 is 17.9 Å². The second-order valence-electron chi connectivity index (χ2n) is 6.89. The molecule has 1 fully saturated rings. The lowest BCUT2D eigenvalue weighted by atomic mass is 10.1. The second-order valence-corrected chi connectivity index (χ2v) is 8.80. The van der Waals surface area contributed by atoms with Crippen LogP contribution < -0.4 is 4.74 Å². The molecule has 1 heterocycles. The highest BCUT2D eigenvalue weighted by atomic mass is 32.2. The normalized spacial score (nSPS) is 15.5. The minimum Gasteiger partial charge on any atom is -0.493 e. The largest absolute Gasteiger partial charge is 0.493 e. The molecule has 1 saturated heterocycles. The van der Waals surface area contributed by atoms with E-state index in [9.17, 15) is 13.2 Å². The van der Waals surface area contributed by atoms with Crippen molar-refractivity contribution >= 4 is 15.9 Å². The number of rotatable bonds is 5. The van der Waals surface area contributed by atoms with Gasteiger partial charge >= 0.3 is 0 Å². The Morgan fingerprint density at radius 2 is 1.71 bits per heavy atom. The number of ether oxygens (including phenoxy) is 1. The topological polar surface area (TPSA) is 66.9 Å². The summed E-state index contributed by atoms with van der Waals surface area (Å²) in [5, 5.41) is 0. The van der Waals surface area contributed by atoms with Crippen LogP contribution in [0.1, 0.15) is 28.4 Å². The van der Waals surface area contributed by atoms with Gasteiger partial charge in [0.2, 0.25) is 10.0 Å². The lowest BCUT2D eigenvalue weighted by Gasteiger charge is -2.34. The number of sulfonamides is 1. The maximum Gasteiger partial charge on any atom is 0.257 e. The first-order valence-electron chi connectivity index (χ1n) is 9.43. The number of para-hydroxylation sites is 1. The maximum absolute atomic E-state index is 13.0. The predicted octanol–water partition coefficient (Wildman–Crippen LogP) is 2.85. The van der Waals surface area contributed by atoms with Gasteiger partial charge < -0.3 is 9.64 Å². The van der Waals surface area contributed by atoms with Gasteiger partial charge in [0.25, 0.3) is 5.91 Å². The van der Waals surface area contributed by atoms with Crippen molar-refractivity contribution in [2.75, 3.05) is 32.8 Å². The molecule has 0 N–H and O–H groups in total. The molecule has 2 aromatic rings. The van der Waals surface area contributed by atoms with Crippen LogP contribution in [0, 0.1) is 13.8 Å². The minimum atomic E-state index is -3.57. The Kier molecular flexibility index (Phi) is 6.05. The molecule has 0 spiro atoms. The Morgan fingerprint density at radius 1 is 1.04 bits per heavy atom. The summed E-state index contributed by atoms with van der Waals surface area (Å²) >= 11 is 0. The summed E-state index contributed by atoms with van der Waals surface area (Å²) in [5.74, 6) is 0.424. The summed E-state index contributed by atoms with van der Waals surface area (Å²) in [6.07, 6.45) is 0. The van der Waals surface area contributed by atoms with Crippen LogP contribution in [0.3, 0.4) is 0 Å². The smallest absolute Gasteiger partial charge is 0.257 e. The van der Waals surface area contributed by atoms with Gasteiger partial charge in [-0.15, -0.1) is 0 Å². The van der Waals surface area contributed by atoms with E-state index in [1.807, 2.05) is 39.0 Å². The molecule has 2 aromatic carbocycles. The van der Waals surface area contributed by atoms with Gasteiger partial charge in [-0.25, -0.2) is 8.42 Å².